The third-order valence-electron chi connectivity index (χ3n) is 5.22. The normalized spacial score (nSPS) is 12.4. The molecule has 0 unspecified atom stereocenters. The summed E-state index contributed by atoms with van der Waals surface area (Å²) in [5, 5.41) is 3.71. The molecule has 1 atom stereocenters. The van der Waals surface area contributed by atoms with Gasteiger partial charge in [-0.05, 0) is 55.2 Å². The Labute approximate surface area is 212 Å². The average molecular weight is 529 g/mol. The van der Waals surface area contributed by atoms with Crippen LogP contribution >= 0.6 is 23.2 Å². The second-order valence-electron chi connectivity index (χ2n) is 8.67. The molecule has 0 aliphatic heterocycles. The number of hydrogen-bond acceptors (Lipinski definition) is 4. The van der Waals surface area contributed by atoms with Gasteiger partial charge >= 0.3 is 0 Å². The summed E-state index contributed by atoms with van der Waals surface area (Å²) in [5.74, 6) is -0.622. The Morgan fingerprint density at radius 2 is 1.74 bits per heavy atom. The van der Waals surface area contributed by atoms with E-state index in [1.54, 1.807) is 50.2 Å². The predicted molar refractivity (Wildman–Crippen MR) is 138 cm³/mol. The molecule has 7 nitrogen and oxygen atoms in total. The van der Waals surface area contributed by atoms with Gasteiger partial charge in [-0.2, -0.15) is 0 Å². The number of anilines is 1. The fourth-order valence-corrected chi connectivity index (χ4v) is 4.45. The Morgan fingerprint density at radius 3 is 2.29 bits per heavy atom. The van der Waals surface area contributed by atoms with Crippen molar-refractivity contribution in [3.05, 3.63) is 63.6 Å². The lowest BCUT2D eigenvalue weighted by molar-refractivity contribution is -0.139. The third kappa shape index (κ3) is 7.89. The van der Waals surface area contributed by atoms with Gasteiger partial charge in [-0.25, -0.2) is 8.42 Å². The van der Waals surface area contributed by atoms with Crippen molar-refractivity contribution in [2.24, 2.45) is 5.92 Å². The number of benzene rings is 2. The highest BCUT2D eigenvalue weighted by atomic mass is 35.5. The van der Waals surface area contributed by atoms with Gasteiger partial charge in [0, 0.05) is 23.1 Å². The maximum atomic E-state index is 13.5. The van der Waals surface area contributed by atoms with Gasteiger partial charge in [0.1, 0.15) is 12.6 Å². The lowest BCUT2D eigenvalue weighted by atomic mass is 10.1. The van der Waals surface area contributed by atoms with E-state index in [9.17, 15) is 18.0 Å². The summed E-state index contributed by atoms with van der Waals surface area (Å²) >= 11 is 12.3. The third-order valence-corrected chi connectivity index (χ3v) is 7.00. The Hall–Kier alpha value is -2.29. The van der Waals surface area contributed by atoms with Gasteiger partial charge in [0.2, 0.25) is 21.8 Å². The number of nitrogens with one attached hydrogen (secondary N) is 1. The number of hydrogen-bond donors (Lipinski definition) is 1. The van der Waals surface area contributed by atoms with E-state index in [0.29, 0.717) is 22.2 Å². The highest BCUT2D eigenvalue weighted by molar-refractivity contribution is 7.92. The van der Waals surface area contributed by atoms with Gasteiger partial charge in [0.05, 0.1) is 11.9 Å². The van der Waals surface area contributed by atoms with E-state index < -0.39 is 28.5 Å². The fourth-order valence-electron chi connectivity index (χ4n) is 3.22. The van der Waals surface area contributed by atoms with E-state index in [0.717, 1.165) is 16.1 Å². The van der Waals surface area contributed by atoms with Crippen LogP contribution in [0.5, 0.6) is 0 Å². The number of nitrogens with zero attached hydrogens (tertiary/aromatic N) is 2. The molecule has 0 heterocycles. The molecule has 1 N–H and O–H groups in total. The van der Waals surface area contributed by atoms with Crippen LogP contribution in [0.15, 0.2) is 42.5 Å². The lowest BCUT2D eigenvalue weighted by Crippen LogP contribution is -2.51. The Bertz CT molecular complexity index is 1140. The summed E-state index contributed by atoms with van der Waals surface area (Å²) in [6, 6.07) is 10.9. The first kappa shape index (κ1) is 28.0. The number of aryl methyl sites for hydroxylation is 1. The second kappa shape index (κ2) is 11.9. The molecule has 0 aliphatic rings. The summed E-state index contributed by atoms with van der Waals surface area (Å²) in [5.41, 5.74) is 1.77. The number of sulfonamides is 1. The SMILES string of the molecule is Cc1ccc(N(CC(=O)N(Cc2cccc(Cl)c2)[C@@H](C)C(=O)NCC(C)C)S(C)(=O)=O)cc1Cl. The zero-order valence-electron chi connectivity index (χ0n) is 20.0. The van der Waals surface area contributed by atoms with Crippen molar-refractivity contribution >= 4 is 50.7 Å². The van der Waals surface area contributed by atoms with E-state index >= 15 is 0 Å². The zero-order chi connectivity index (χ0) is 25.6. The molecule has 2 aromatic rings. The Morgan fingerprint density at radius 1 is 1.06 bits per heavy atom. The Kier molecular flexibility index (Phi) is 9.79. The Balaban J connectivity index is 2.39. The summed E-state index contributed by atoms with van der Waals surface area (Å²) in [6.07, 6.45) is 1.02. The van der Waals surface area contributed by atoms with Gasteiger partial charge in [0.25, 0.3) is 0 Å². The van der Waals surface area contributed by atoms with Crippen LogP contribution in [0.1, 0.15) is 31.9 Å². The van der Waals surface area contributed by atoms with E-state index in [-0.39, 0.29) is 24.1 Å². The van der Waals surface area contributed by atoms with Crippen LogP contribution in [0.2, 0.25) is 10.0 Å². The molecule has 34 heavy (non-hydrogen) atoms. The largest absolute Gasteiger partial charge is 0.354 e. The van der Waals surface area contributed by atoms with Crippen molar-refractivity contribution in [1.82, 2.24) is 10.2 Å². The minimum absolute atomic E-state index is 0.0852. The highest BCUT2D eigenvalue weighted by Gasteiger charge is 2.30. The molecule has 2 rings (SSSR count). The van der Waals surface area contributed by atoms with E-state index in [2.05, 4.69) is 5.32 Å². The number of carbonyl (C=O) groups is 2. The van der Waals surface area contributed by atoms with Crippen LogP contribution < -0.4 is 9.62 Å². The van der Waals surface area contributed by atoms with Crippen molar-refractivity contribution in [2.45, 2.75) is 40.3 Å². The number of amides is 2. The first-order valence-corrected chi connectivity index (χ1v) is 13.5. The molecule has 2 amide bonds. The van der Waals surface area contributed by atoms with Crippen molar-refractivity contribution in [1.29, 1.82) is 0 Å². The van der Waals surface area contributed by atoms with Gasteiger partial charge < -0.3 is 10.2 Å². The maximum absolute atomic E-state index is 13.5. The lowest BCUT2D eigenvalue weighted by Gasteiger charge is -2.31. The fraction of sp³-hybridized carbons (Fsp3) is 0.417. The molecule has 0 aromatic heterocycles. The predicted octanol–water partition coefficient (Wildman–Crippen LogP) is 4.26. The van der Waals surface area contributed by atoms with Gasteiger partial charge in [-0.1, -0.05) is 55.2 Å². The molecule has 0 bridgehead atoms. The number of carbonyl (C=O) groups excluding carboxylic acids is 2. The number of rotatable bonds is 10. The van der Waals surface area contributed by atoms with Crippen molar-refractivity contribution in [2.75, 3.05) is 23.7 Å². The quantitative estimate of drug-likeness (QED) is 0.500. The molecular formula is C24H31Cl2N3O4S. The van der Waals surface area contributed by atoms with Crippen LogP contribution in [0, 0.1) is 12.8 Å². The van der Waals surface area contributed by atoms with Gasteiger partial charge in [-0.3, -0.25) is 13.9 Å². The standard InChI is InChI=1S/C24H31Cl2N3O4S/c1-16(2)13-27-24(31)18(4)28(14-19-7-6-8-20(25)11-19)23(30)15-29(34(5,32)33)21-10-9-17(3)22(26)12-21/h6-12,16,18H,13-15H2,1-5H3,(H,27,31)/t18-/m0/s1. The van der Waals surface area contributed by atoms with Crippen molar-refractivity contribution in [3.63, 3.8) is 0 Å². The monoisotopic (exact) mass is 527 g/mol. The molecule has 0 saturated carbocycles. The summed E-state index contributed by atoms with van der Waals surface area (Å²) in [4.78, 5) is 27.6. The van der Waals surface area contributed by atoms with Crippen LogP contribution in [-0.2, 0) is 26.2 Å². The van der Waals surface area contributed by atoms with Crippen LogP contribution in [0.3, 0.4) is 0 Å². The molecule has 10 heteroatoms. The number of halogens is 2. The summed E-state index contributed by atoms with van der Waals surface area (Å²) in [7, 11) is -3.82. The van der Waals surface area contributed by atoms with E-state index in [4.69, 9.17) is 23.2 Å². The maximum Gasteiger partial charge on any atom is 0.244 e. The van der Waals surface area contributed by atoms with E-state index in [1.807, 2.05) is 13.8 Å². The molecule has 186 valence electrons. The molecule has 0 spiro atoms. The van der Waals surface area contributed by atoms with E-state index in [1.165, 1.54) is 11.0 Å². The van der Waals surface area contributed by atoms with Crippen LogP contribution in [0.4, 0.5) is 5.69 Å². The van der Waals surface area contributed by atoms with Gasteiger partial charge in [-0.15, -0.1) is 0 Å². The first-order valence-electron chi connectivity index (χ1n) is 10.8. The van der Waals surface area contributed by atoms with Gasteiger partial charge in [0.15, 0.2) is 0 Å². The molecule has 0 aliphatic carbocycles. The zero-order valence-corrected chi connectivity index (χ0v) is 22.3. The second-order valence-corrected chi connectivity index (χ2v) is 11.4. The van der Waals surface area contributed by atoms with Crippen molar-refractivity contribution < 1.29 is 18.0 Å². The highest BCUT2D eigenvalue weighted by Crippen LogP contribution is 2.25. The molecule has 0 fully saturated rings. The molecule has 0 radical (unpaired) electrons. The molecular weight excluding hydrogens is 497 g/mol. The summed E-state index contributed by atoms with van der Waals surface area (Å²) < 4.78 is 26.2. The molecule has 2 aromatic carbocycles. The smallest absolute Gasteiger partial charge is 0.244 e. The minimum Gasteiger partial charge on any atom is -0.354 e. The average Bonchev–Trinajstić information content (AvgIpc) is 2.74. The summed E-state index contributed by atoms with van der Waals surface area (Å²) in [6.45, 7) is 7.41. The first-order chi connectivity index (χ1) is 15.8. The molecule has 0 saturated heterocycles. The van der Waals surface area contributed by atoms with Crippen LogP contribution in [-0.4, -0.2) is 50.5 Å². The van der Waals surface area contributed by atoms with Crippen LogP contribution in [0.25, 0.3) is 0 Å². The topological polar surface area (TPSA) is 86.8 Å². The minimum atomic E-state index is -3.82. The van der Waals surface area contributed by atoms with Crippen molar-refractivity contribution in [3.8, 4) is 0 Å².